The lowest BCUT2D eigenvalue weighted by Crippen LogP contribution is -2.41. The number of nitrogens with two attached hydrogens (primary N) is 1. The molecule has 190 valence electrons. The van der Waals surface area contributed by atoms with E-state index in [0.717, 1.165) is 37.0 Å². The van der Waals surface area contributed by atoms with Gasteiger partial charge in [0.05, 0.1) is 11.5 Å². The topological polar surface area (TPSA) is 162 Å². The van der Waals surface area contributed by atoms with Crippen LogP contribution in [0.25, 0.3) is 0 Å². The summed E-state index contributed by atoms with van der Waals surface area (Å²) in [6.45, 7) is 6.22. The van der Waals surface area contributed by atoms with Crippen molar-refractivity contribution in [3.05, 3.63) is 45.5 Å². The summed E-state index contributed by atoms with van der Waals surface area (Å²) in [4.78, 5) is 34.9. The van der Waals surface area contributed by atoms with Gasteiger partial charge in [0.2, 0.25) is 21.5 Å². The molecule has 0 radical (unpaired) electrons. The molecule has 1 unspecified atom stereocenters. The number of nitro groups is 1. The zero-order valence-corrected chi connectivity index (χ0v) is 20.8. The van der Waals surface area contributed by atoms with Crippen LogP contribution in [0.15, 0.2) is 29.4 Å². The number of hydrogen-bond donors (Lipinski definition) is 1. The van der Waals surface area contributed by atoms with Crippen molar-refractivity contribution in [1.82, 2.24) is 14.9 Å². The fourth-order valence-electron chi connectivity index (χ4n) is 3.91. The zero-order chi connectivity index (χ0) is 25.8. The molecule has 0 spiro atoms. The van der Waals surface area contributed by atoms with Gasteiger partial charge in [-0.15, -0.1) is 0 Å². The first-order valence-corrected chi connectivity index (χ1v) is 13.2. The molecule has 2 heterocycles. The SMILES string of the molecule is CCOC(=O)C(C)N(Cc1ccc(CN2CCCC2)cc1)c1nc(S(C)(=O)=O)nc(N)c1[N+](=O)[O-]. The Morgan fingerprint density at radius 2 is 1.83 bits per heavy atom. The Bertz CT molecular complexity index is 1180. The predicted octanol–water partition coefficient (Wildman–Crippen LogP) is 1.92. The molecule has 1 atom stereocenters. The number of nitrogen functional groups attached to an aromatic ring is 1. The van der Waals surface area contributed by atoms with Gasteiger partial charge in [-0.2, -0.15) is 9.97 Å². The third kappa shape index (κ3) is 6.42. The Morgan fingerprint density at radius 1 is 1.23 bits per heavy atom. The van der Waals surface area contributed by atoms with Gasteiger partial charge in [0, 0.05) is 19.3 Å². The minimum absolute atomic E-state index is 0.0183. The van der Waals surface area contributed by atoms with Gasteiger partial charge in [-0.25, -0.2) is 13.2 Å². The number of sulfone groups is 1. The van der Waals surface area contributed by atoms with Gasteiger partial charge in [0.25, 0.3) is 5.16 Å². The molecule has 1 saturated heterocycles. The number of aromatic nitrogens is 2. The van der Waals surface area contributed by atoms with E-state index < -0.39 is 43.4 Å². The summed E-state index contributed by atoms with van der Waals surface area (Å²) in [6.07, 6.45) is 3.25. The number of hydrogen-bond acceptors (Lipinski definition) is 11. The lowest BCUT2D eigenvalue weighted by Gasteiger charge is -2.29. The maximum atomic E-state index is 12.6. The molecule has 2 aromatic rings. The van der Waals surface area contributed by atoms with Crippen LogP contribution in [0.1, 0.15) is 37.8 Å². The second-order valence-electron chi connectivity index (χ2n) is 8.45. The van der Waals surface area contributed by atoms with Crippen LogP contribution in [-0.2, 0) is 32.5 Å². The molecule has 0 amide bonds. The van der Waals surface area contributed by atoms with E-state index in [2.05, 4.69) is 14.9 Å². The number of carbonyl (C=O) groups excluding carboxylic acids is 1. The summed E-state index contributed by atoms with van der Waals surface area (Å²) in [5.41, 5.74) is 6.95. The third-order valence-electron chi connectivity index (χ3n) is 5.73. The highest BCUT2D eigenvalue weighted by Crippen LogP contribution is 2.34. The molecule has 1 aliphatic rings. The molecule has 1 aliphatic heterocycles. The maximum Gasteiger partial charge on any atom is 0.353 e. The van der Waals surface area contributed by atoms with Crippen molar-refractivity contribution in [2.24, 2.45) is 0 Å². The number of likely N-dealkylation sites (tertiary alicyclic amines) is 1. The van der Waals surface area contributed by atoms with Crippen LogP contribution in [0.5, 0.6) is 0 Å². The first kappa shape index (κ1) is 26.3. The summed E-state index contributed by atoms with van der Waals surface area (Å²) in [5, 5.41) is 11.2. The van der Waals surface area contributed by atoms with Gasteiger partial charge >= 0.3 is 11.7 Å². The molecule has 3 rings (SSSR count). The molecule has 35 heavy (non-hydrogen) atoms. The fraction of sp³-hybridized carbons (Fsp3) is 0.500. The molecule has 0 aliphatic carbocycles. The third-order valence-corrected chi connectivity index (χ3v) is 6.58. The zero-order valence-electron chi connectivity index (χ0n) is 20.0. The Hall–Kier alpha value is -3.32. The van der Waals surface area contributed by atoms with Crippen LogP contribution in [0.4, 0.5) is 17.3 Å². The fourth-order valence-corrected chi connectivity index (χ4v) is 4.43. The van der Waals surface area contributed by atoms with Crippen molar-refractivity contribution in [2.75, 3.05) is 36.6 Å². The van der Waals surface area contributed by atoms with Crippen LogP contribution in [-0.4, -0.2) is 66.2 Å². The van der Waals surface area contributed by atoms with Crippen LogP contribution in [0, 0.1) is 10.1 Å². The van der Waals surface area contributed by atoms with Gasteiger partial charge in [0.15, 0.2) is 0 Å². The lowest BCUT2D eigenvalue weighted by molar-refractivity contribution is -0.383. The minimum atomic E-state index is -3.94. The van der Waals surface area contributed by atoms with Crippen LogP contribution < -0.4 is 10.6 Å². The minimum Gasteiger partial charge on any atom is -0.464 e. The summed E-state index contributed by atoms with van der Waals surface area (Å²) in [5.74, 6) is -1.63. The van der Waals surface area contributed by atoms with Gasteiger partial charge in [0.1, 0.15) is 6.04 Å². The van der Waals surface area contributed by atoms with E-state index in [9.17, 15) is 23.3 Å². The Morgan fingerprint density at radius 3 is 2.37 bits per heavy atom. The molecule has 1 fully saturated rings. The first-order chi connectivity index (χ1) is 16.5. The molecule has 13 heteroatoms. The normalized spacial score (nSPS) is 15.1. The van der Waals surface area contributed by atoms with E-state index in [4.69, 9.17) is 10.5 Å². The molecule has 2 N–H and O–H groups in total. The Labute approximate surface area is 204 Å². The van der Waals surface area contributed by atoms with E-state index in [0.29, 0.717) is 0 Å². The monoisotopic (exact) mass is 506 g/mol. The van der Waals surface area contributed by atoms with Crippen molar-refractivity contribution in [3.8, 4) is 0 Å². The van der Waals surface area contributed by atoms with E-state index in [1.54, 1.807) is 6.92 Å². The largest absolute Gasteiger partial charge is 0.464 e. The molecule has 0 bridgehead atoms. The van der Waals surface area contributed by atoms with Crippen molar-refractivity contribution in [1.29, 1.82) is 0 Å². The predicted molar refractivity (Wildman–Crippen MR) is 129 cm³/mol. The smallest absolute Gasteiger partial charge is 0.353 e. The van der Waals surface area contributed by atoms with Gasteiger partial charge in [-0.1, -0.05) is 24.3 Å². The molecule has 12 nitrogen and oxygen atoms in total. The van der Waals surface area contributed by atoms with Crippen molar-refractivity contribution < 1.29 is 22.9 Å². The Kier molecular flexibility index (Phi) is 8.22. The van der Waals surface area contributed by atoms with Gasteiger partial charge < -0.3 is 15.4 Å². The number of esters is 1. The van der Waals surface area contributed by atoms with Crippen LogP contribution >= 0.6 is 0 Å². The van der Waals surface area contributed by atoms with Gasteiger partial charge in [-0.05, 0) is 50.9 Å². The van der Waals surface area contributed by atoms with E-state index >= 15 is 0 Å². The highest BCUT2D eigenvalue weighted by Gasteiger charge is 2.34. The molecule has 0 saturated carbocycles. The highest BCUT2D eigenvalue weighted by atomic mass is 32.2. The summed E-state index contributed by atoms with van der Waals surface area (Å²) >= 11 is 0. The molecular weight excluding hydrogens is 476 g/mol. The van der Waals surface area contributed by atoms with E-state index in [1.165, 1.54) is 24.7 Å². The highest BCUT2D eigenvalue weighted by molar-refractivity contribution is 7.90. The van der Waals surface area contributed by atoms with Crippen LogP contribution in [0.2, 0.25) is 0 Å². The number of nitrogens with zero attached hydrogens (tertiary/aromatic N) is 5. The van der Waals surface area contributed by atoms with Crippen molar-refractivity contribution >= 4 is 33.1 Å². The number of benzene rings is 1. The van der Waals surface area contributed by atoms with E-state index in [-0.39, 0.29) is 19.0 Å². The average Bonchev–Trinajstić information content (AvgIpc) is 3.30. The lowest BCUT2D eigenvalue weighted by atomic mass is 10.1. The standard InChI is InChI=1S/C22H30N6O6S/c1-4-34-21(29)15(2)27(14-17-9-7-16(8-10-17)13-26-11-5-6-12-26)20-18(28(30)31)19(23)24-22(25-20)35(3,32)33/h7-10,15H,4-6,11-14H2,1-3H3,(H2,23,24,25). The Balaban J connectivity index is 2.03. The van der Waals surface area contributed by atoms with E-state index in [1.807, 2.05) is 24.3 Å². The number of ether oxygens (including phenoxy) is 1. The first-order valence-electron chi connectivity index (χ1n) is 11.3. The summed E-state index contributed by atoms with van der Waals surface area (Å²) < 4.78 is 29.4. The molecule has 1 aromatic carbocycles. The number of anilines is 2. The van der Waals surface area contributed by atoms with Crippen molar-refractivity contribution in [3.63, 3.8) is 0 Å². The molecule has 1 aromatic heterocycles. The van der Waals surface area contributed by atoms with Crippen molar-refractivity contribution in [2.45, 2.75) is 51.0 Å². The number of rotatable bonds is 10. The van der Waals surface area contributed by atoms with Gasteiger partial charge in [-0.3, -0.25) is 15.0 Å². The average molecular weight is 507 g/mol. The second kappa shape index (κ2) is 11.0. The maximum absolute atomic E-state index is 12.6. The van der Waals surface area contributed by atoms with Crippen LogP contribution in [0.3, 0.4) is 0 Å². The molecular formula is C22H30N6O6S. The number of carbonyl (C=O) groups is 1. The second-order valence-corrected chi connectivity index (χ2v) is 10.4. The summed E-state index contributed by atoms with van der Waals surface area (Å²) in [7, 11) is -3.94. The quantitative estimate of drug-likeness (QED) is 0.217. The summed E-state index contributed by atoms with van der Waals surface area (Å²) in [6, 6.07) is 6.63.